The zero-order valence-electron chi connectivity index (χ0n) is 20.2. The Morgan fingerprint density at radius 3 is 2.57 bits per heavy atom. The van der Waals surface area contributed by atoms with Gasteiger partial charge in [0.1, 0.15) is 5.75 Å². The third kappa shape index (κ3) is 4.68. The standard InChI is InChI=1S/C29H31N3O3/c1-35-28-9-7-20(17-30)15-24(28)27(33)16-19-6-8-26-23(14-19)25(18-31-26)21-10-12-32(13-11-21)29(34)22-4-2-3-5-22/h6-9,14-15,18,21-22,31H,2-5,10-13,16H2,1H3. The molecule has 6 heteroatoms. The van der Waals surface area contributed by atoms with Gasteiger partial charge in [-0.3, -0.25) is 9.59 Å². The van der Waals surface area contributed by atoms with Gasteiger partial charge in [0.15, 0.2) is 5.78 Å². The number of likely N-dealkylation sites (tertiary alicyclic amines) is 1. The minimum Gasteiger partial charge on any atom is -0.496 e. The first-order valence-corrected chi connectivity index (χ1v) is 12.6. The van der Waals surface area contributed by atoms with Crippen LogP contribution in [0, 0.1) is 17.2 Å². The number of aromatic nitrogens is 1. The molecule has 2 fully saturated rings. The smallest absolute Gasteiger partial charge is 0.225 e. The van der Waals surface area contributed by atoms with Crippen LogP contribution in [0.15, 0.2) is 42.6 Å². The van der Waals surface area contributed by atoms with E-state index in [1.165, 1.54) is 25.5 Å². The highest BCUT2D eigenvalue weighted by molar-refractivity contribution is 6.00. The van der Waals surface area contributed by atoms with Crippen molar-refractivity contribution < 1.29 is 14.3 Å². The number of aromatic amines is 1. The zero-order chi connectivity index (χ0) is 24.4. The molecule has 1 aliphatic heterocycles. The Balaban J connectivity index is 1.31. The van der Waals surface area contributed by atoms with E-state index in [2.05, 4.69) is 28.2 Å². The van der Waals surface area contributed by atoms with Crippen molar-refractivity contribution in [2.75, 3.05) is 20.2 Å². The van der Waals surface area contributed by atoms with E-state index in [1.54, 1.807) is 18.2 Å². The maximum Gasteiger partial charge on any atom is 0.225 e. The molecule has 0 radical (unpaired) electrons. The average molecular weight is 470 g/mol. The lowest BCUT2D eigenvalue weighted by atomic mass is 9.88. The number of Topliss-reactive ketones (excluding diaryl/α,β-unsaturated/α-hetero) is 1. The molecular weight excluding hydrogens is 438 g/mol. The minimum atomic E-state index is -0.0749. The Morgan fingerprint density at radius 2 is 1.86 bits per heavy atom. The summed E-state index contributed by atoms with van der Waals surface area (Å²) in [6.45, 7) is 1.64. The quantitative estimate of drug-likeness (QED) is 0.492. The molecule has 180 valence electrons. The fraction of sp³-hybridized carbons (Fsp3) is 0.414. The highest BCUT2D eigenvalue weighted by Crippen LogP contribution is 2.35. The van der Waals surface area contributed by atoms with E-state index >= 15 is 0 Å². The van der Waals surface area contributed by atoms with Crippen molar-refractivity contribution in [1.29, 1.82) is 5.26 Å². The van der Waals surface area contributed by atoms with Crippen LogP contribution in [-0.4, -0.2) is 41.8 Å². The summed E-state index contributed by atoms with van der Waals surface area (Å²) >= 11 is 0. The number of piperidine rings is 1. The molecule has 2 aliphatic rings. The van der Waals surface area contributed by atoms with E-state index in [0.717, 1.165) is 55.2 Å². The van der Waals surface area contributed by atoms with Gasteiger partial charge in [-0.2, -0.15) is 5.26 Å². The second-order valence-electron chi connectivity index (χ2n) is 9.83. The predicted molar refractivity (Wildman–Crippen MR) is 135 cm³/mol. The number of carbonyl (C=O) groups excluding carboxylic acids is 2. The Hall–Kier alpha value is -3.59. The minimum absolute atomic E-state index is 0.0749. The average Bonchev–Trinajstić information content (AvgIpc) is 3.58. The SMILES string of the molecule is COc1ccc(C#N)cc1C(=O)Cc1ccc2[nH]cc(C3CCN(C(=O)C4CCCC4)CC3)c2c1. The van der Waals surface area contributed by atoms with E-state index in [0.29, 0.717) is 28.7 Å². The Labute approximate surface area is 205 Å². The Morgan fingerprint density at radius 1 is 1.09 bits per heavy atom. The second-order valence-corrected chi connectivity index (χ2v) is 9.83. The molecule has 3 aromatic rings. The number of methoxy groups -OCH3 is 1. The monoisotopic (exact) mass is 469 g/mol. The summed E-state index contributed by atoms with van der Waals surface area (Å²) in [6.07, 6.45) is 8.73. The van der Waals surface area contributed by atoms with Crippen molar-refractivity contribution in [2.24, 2.45) is 5.92 Å². The van der Waals surface area contributed by atoms with E-state index < -0.39 is 0 Å². The van der Waals surface area contributed by atoms with Crippen molar-refractivity contribution in [3.63, 3.8) is 0 Å². The van der Waals surface area contributed by atoms with Crippen molar-refractivity contribution >= 4 is 22.6 Å². The molecule has 0 spiro atoms. The molecule has 1 saturated carbocycles. The third-order valence-corrected chi connectivity index (χ3v) is 7.72. The lowest BCUT2D eigenvalue weighted by molar-refractivity contribution is -0.136. The number of ketones is 1. The number of carbonyl (C=O) groups is 2. The highest BCUT2D eigenvalue weighted by Gasteiger charge is 2.31. The summed E-state index contributed by atoms with van der Waals surface area (Å²) in [5, 5.41) is 10.4. The molecule has 2 aromatic carbocycles. The van der Waals surface area contributed by atoms with Gasteiger partial charge < -0.3 is 14.6 Å². The Kier molecular flexibility index (Phi) is 6.59. The Bertz CT molecular complexity index is 1290. The molecule has 35 heavy (non-hydrogen) atoms. The summed E-state index contributed by atoms with van der Waals surface area (Å²) in [5.41, 5.74) is 4.13. The highest BCUT2D eigenvalue weighted by atomic mass is 16.5. The van der Waals surface area contributed by atoms with Crippen LogP contribution in [0.2, 0.25) is 0 Å². The predicted octanol–water partition coefficient (Wildman–Crippen LogP) is 5.37. The van der Waals surface area contributed by atoms with Gasteiger partial charge in [-0.05, 0) is 73.1 Å². The van der Waals surface area contributed by atoms with E-state index in [1.807, 2.05) is 12.1 Å². The summed E-state index contributed by atoms with van der Waals surface area (Å²) in [4.78, 5) is 31.4. The first-order chi connectivity index (χ1) is 17.1. The molecule has 1 aromatic heterocycles. The molecule has 2 heterocycles. The van der Waals surface area contributed by atoms with Crippen molar-refractivity contribution in [1.82, 2.24) is 9.88 Å². The van der Waals surface area contributed by atoms with Crippen LogP contribution in [0.1, 0.15) is 71.5 Å². The number of amides is 1. The number of nitriles is 1. The fourth-order valence-electron chi connectivity index (χ4n) is 5.75. The topological polar surface area (TPSA) is 86.2 Å². The zero-order valence-corrected chi connectivity index (χ0v) is 20.2. The molecule has 0 atom stereocenters. The summed E-state index contributed by atoms with van der Waals surface area (Å²) in [7, 11) is 1.53. The maximum atomic E-state index is 13.1. The number of hydrogen-bond acceptors (Lipinski definition) is 4. The number of nitrogens with one attached hydrogen (secondary N) is 1. The lowest BCUT2D eigenvalue weighted by Gasteiger charge is -2.33. The number of nitrogens with zero attached hydrogens (tertiary/aromatic N) is 2. The van der Waals surface area contributed by atoms with Gasteiger partial charge in [-0.1, -0.05) is 18.9 Å². The van der Waals surface area contributed by atoms with Crippen LogP contribution in [0.5, 0.6) is 5.75 Å². The van der Waals surface area contributed by atoms with E-state index in [9.17, 15) is 14.9 Å². The molecule has 6 nitrogen and oxygen atoms in total. The van der Waals surface area contributed by atoms with Crippen LogP contribution in [-0.2, 0) is 11.2 Å². The van der Waals surface area contributed by atoms with Crippen LogP contribution < -0.4 is 4.74 Å². The van der Waals surface area contributed by atoms with Gasteiger partial charge in [0.2, 0.25) is 5.91 Å². The van der Waals surface area contributed by atoms with Crippen LogP contribution in [0.4, 0.5) is 0 Å². The lowest BCUT2D eigenvalue weighted by Crippen LogP contribution is -2.40. The van der Waals surface area contributed by atoms with Crippen LogP contribution in [0.25, 0.3) is 10.9 Å². The number of ether oxygens (including phenoxy) is 1. The summed E-state index contributed by atoms with van der Waals surface area (Å²) in [5.74, 6) is 1.41. The summed E-state index contributed by atoms with van der Waals surface area (Å²) in [6, 6.07) is 13.1. The van der Waals surface area contributed by atoms with Crippen molar-refractivity contribution in [3.05, 3.63) is 64.8 Å². The van der Waals surface area contributed by atoms with Gasteiger partial charge in [0, 0.05) is 42.5 Å². The molecule has 0 bridgehead atoms. The molecule has 0 unspecified atom stereocenters. The second kappa shape index (κ2) is 9.95. The van der Waals surface area contributed by atoms with Gasteiger partial charge in [-0.25, -0.2) is 0 Å². The van der Waals surface area contributed by atoms with Crippen molar-refractivity contribution in [3.8, 4) is 11.8 Å². The molecule has 1 aliphatic carbocycles. The fourth-order valence-corrected chi connectivity index (χ4v) is 5.75. The van der Waals surface area contributed by atoms with Gasteiger partial charge >= 0.3 is 0 Å². The van der Waals surface area contributed by atoms with Crippen molar-refractivity contribution in [2.45, 2.75) is 50.9 Å². The number of hydrogen-bond donors (Lipinski definition) is 1. The molecule has 1 saturated heterocycles. The third-order valence-electron chi connectivity index (χ3n) is 7.72. The molecule has 1 amide bonds. The normalized spacial score (nSPS) is 17.0. The molecule has 1 N–H and O–H groups in total. The number of rotatable bonds is 6. The maximum absolute atomic E-state index is 13.1. The number of fused-ring (bicyclic) bond motifs is 1. The van der Waals surface area contributed by atoms with Crippen LogP contribution >= 0.6 is 0 Å². The van der Waals surface area contributed by atoms with Gasteiger partial charge in [-0.15, -0.1) is 0 Å². The molecular formula is C29H31N3O3. The number of H-pyrrole nitrogens is 1. The largest absolute Gasteiger partial charge is 0.496 e. The van der Waals surface area contributed by atoms with E-state index in [-0.39, 0.29) is 18.1 Å². The van der Waals surface area contributed by atoms with E-state index in [4.69, 9.17) is 4.74 Å². The number of benzene rings is 2. The summed E-state index contributed by atoms with van der Waals surface area (Å²) < 4.78 is 5.35. The first kappa shape index (κ1) is 23.2. The van der Waals surface area contributed by atoms with Crippen LogP contribution in [0.3, 0.4) is 0 Å². The first-order valence-electron chi connectivity index (χ1n) is 12.6. The van der Waals surface area contributed by atoms with Gasteiger partial charge in [0.25, 0.3) is 0 Å². The van der Waals surface area contributed by atoms with Gasteiger partial charge in [0.05, 0.1) is 24.3 Å². The molecule has 5 rings (SSSR count).